The van der Waals surface area contributed by atoms with E-state index in [4.69, 9.17) is 15.6 Å². The third kappa shape index (κ3) is 3.34. The normalized spacial score (nSPS) is 28.7. The van der Waals surface area contributed by atoms with E-state index in [9.17, 15) is 0 Å². The molecule has 0 aromatic carbocycles. The predicted octanol–water partition coefficient (Wildman–Crippen LogP) is 2.34. The maximum Gasteiger partial charge on any atom is 0.179 e. The van der Waals surface area contributed by atoms with Crippen molar-refractivity contribution in [2.45, 2.75) is 50.8 Å². The average Bonchev–Trinajstić information content (AvgIpc) is 2.62. The van der Waals surface area contributed by atoms with Crippen molar-refractivity contribution >= 4 is 9.04 Å². The van der Waals surface area contributed by atoms with Crippen molar-refractivity contribution in [2.75, 3.05) is 13.2 Å². The first kappa shape index (κ1) is 12.8. The quantitative estimate of drug-likeness (QED) is 0.543. The fourth-order valence-corrected chi connectivity index (χ4v) is 2.50. The summed E-state index contributed by atoms with van der Waals surface area (Å²) in [6.45, 7) is 10.2. The van der Waals surface area contributed by atoms with Gasteiger partial charge in [0, 0.05) is 6.61 Å². The highest BCUT2D eigenvalue weighted by Gasteiger charge is 2.35. The molecule has 15 heavy (non-hydrogen) atoms. The van der Waals surface area contributed by atoms with Gasteiger partial charge < -0.3 is 9.16 Å². The van der Waals surface area contributed by atoms with Crippen LogP contribution in [-0.2, 0) is 9.16 Å². The van der Waals surface area contributed by atoms with Gasteiger partial charge >= 0.3 is 0 Å². The van der Waals surface area contributed by atoms with Crippen LogP contribution in [0.25, 0.3) is 0 Å². The molecule has 1 aliphatic rings. The molecule has 0 aromatic rings. The van der Waals surface area contributed by atoms with Crippen LogP contribution in [0.4, 0.5) is 0 Å². The third-order valence-corrected chi connectivity index (χ3v) is 6.26. The van der Waals surface area contributed by atoms with Gasteiger partial charge in [-0.3, -0.25) is 0 Å². The van der Waals surface area contributed by atoms with Crippen LogP contribution in [-0.4, -0.2) is 27.9 Å². The van der Waals surface area contributed by atoms with Crippen LogP contribution >= 0.6 is 0 Å². The molecule has 2 nitrogen and oxygen atoms in total. The molecular weight excluding hydrogens is 204 g/mol. The Balaban J connectivity index is 2.46. The lowest BCUT2D eigenvalue weighted by Crippen LogP contribution is -2.37. The summed E-state index contributed by atoms with van der Waals surface area (Å²) in [5, 5.41) is 0.286. The molecule has 0 saturated carbocycles. The molecule has 1 rings (SSSR count). The summed E-state index contributed by atoms with van der Waals surface area (Å²) in [5.74, 6) is 2.76. The summed E-state index contributed by atoms with van der Waals surface area (Å²) in [4.78, 5) is 0. The fourth-order valence-electron chi connectivity index (χ4n) is 1.48. The summed E-state index contributed by atoms with van der Waals surface area (Å²) < 4.78 is 11.6. The van der Waals surface area contributed by atoms with Gasteiger partial charge in [-0.2, -0.15) is 0 Å². The number of ether oxygens (including phenoxy) is 1. The Morgan fingerprint density at radius 3 is 2.60 bits per heavy atom. The van der Waals surface area contributed by atoms with E-state index in [0.29, 0.717) is 6.61 Å². The van der Waals surface area contributed by atoms with Crippen LogP contribution in [0.1, 0.15) is 33.6 Å². The van der Waals surface area contributed by atoms with Crippen molar-refractivity contribution in [3.8, 4) is 12.3 Å². The zero-order valence-electron chi connectivity index (χ0n) is 10.3. The Morgan fingerprint density at radius 2 is 2.20 bits per heavy atom. The molecule has 3 heteroatoms. The van der Waals surface area contributed by atoms with E-state index in [1.807, 2.05) is 0 Å². The van der Waals surface area contributed by atoms with Gasteiger partial charge in [-0.05, 0) is 24.4 Å². The molecule has 1 fully saturated rings. The number of hydrogen-bond acceptors (Lipinski definition) is 2. The molecule has 1 aliphatic heterocycles. The molecule has 0 N–H and O–H groups in total. The zero-order chi connectivity index (χ0) is 11.5. The van der Waals surface area contributed by atoms with Crippen molar-refractivity contribution in [1.82, 2.24) is 0 Å². The Kier molecular flexibility index (Phi) is 3.99. The fraction of sp³-hybridized carbons (Fsp3) is 0.833. The van der Waals surface area contributed by atoms with Gasteiger partial charge in [0.15, 0.2) is 9.04 Å². The molecule has 1 heterocycles. The zero-order valence-corrected chi connectivity index (χ0v) is 11.5. The van der Waals surface area contributed by atoms with E-state index >= 15 is 0 Å². The Hall–Kier alpha value is -0.303. The van der Waals surface area contributed by atoms with Crippen LogP contribution in [0.15, 0.2) is 0 Å². The van der Waals surface area contributed by atoms with Crippen molar-refractivity contribution in [3.05, 3.63) is 0 Å². The van der Waals surface area contributed by atoms with Crippen molar-refractivity contribution < 1.29 is 9.16 Å². The van der Waals surface area contributed by atoms with Crippen LogP contribution in [0, 0.1) is 12.3 Å². The lowest BCUT2D eigenvalue weighted by atomic mass is 10.0. The molecule has 1 unspecified atom stereocenters. The maximum absolute atomic E-state index is 5.96. The third-order valence-electron chi connectivity index (χ3n) is 3.15. The van der Waals surface area contributed by atoms with Crippen molar-refractivity contribution in [3.63, 3.8) is 0 Å². The van der Waals surface area contributed by atoms with Crippen LogP contribution in [0.5, 0.6) is 0 Å². The van der Waals surface area contributed by atoms with Crippen molar-refractivity contribution in [2.24, 2.45) is 0 Å². The van der Waals surface area contributed by atoms with Crippen LogP contribution in [0.3, 0.4) is 0 Å². The Bertz CT molecular complexity index is 243. The van der Waals surface area contributed by atoms with E-state index in [-0.39, 0.29) is 5.04 Å². The van der Waals surface area contributed by atoms with Gasteiger partial charge in [-0.15, -0.1) is 6.42 Å². The molecule has 2 atom stereocenters. The number of hydrogen-bond donors (Lipinski definition) is 0. The highest BCUT2D eigenvalue weighted by Crippen LogP contribution is 2.30. The van der Waals surface area contributed by atoms with Crippen LogP contribution < -0.4 is 0 Å². The van der Waals surface area contributed by atoms with E-state index < -0.39 is 14.6 Å². The lowest BCUT2D eigenvalue weighted by molar-refractivity contribution is 0.0128. The first-order chi connectivity index (χ1) is 6.90. The SMILES string of the molecule is C#C[C@@]1(CO[SiH](C)C(C)(C)C)CCCO1. The van der Waals surface area contributed by atoms with Gasteiger partial charge in [0.1, 0.15) is 5.60 Å². The Labute approximate surface area is 95.1 Å². The van der Waals surface area contributed by atoms with E-state index in [1.54, 1.807) is 0 Å². The van der Waals surface area contributed by atoms with Gasteiger partial charge in [0.05, 0.1) is 6.61 Å². The summed E-state index contributed by atoms with van der Waals surface area (Å²) >= 11 is 0. The Morgan fingerprint density at radius 1 is 1.53 bits per heavy atom. The largest absolute Gasteiger partial charge is 0.416 e. The molecule has 0 amide bonds. The topological polar surface area (TPSA) is 18.5 Å². The van der Waals surface area contributed by atoms with Gasteiger partial charge in [-0.25, -0.2) is 0 Å². The second-order valence-electron chi connectivity index (χ2n) is 5.41. The number of terminal acetylenes is 1. The first-order valence-electron chi connectivity index (χ1n) is 5.63. The standard InChI is InChI=1S/C12H22O2Si/c1-6-12(8-7-9-13-12)10-14-15(5)11(2,3)4/h1,15H,7-10H2,2-5H3/t12-,15?/m0/s1. The molecule has 0 aliphatic carbocycles. The molecule has 0 bridgehead atoms. The monoisotopic (exact) mass is 226 g/mol. The minimum Gasteiger partial charge on any atom is -0.416 e. The summed E-state index contributed by atoms with van der Waals surface area (Å²) in [7, 11) is -1.18. The predicted molar refractivity (Wildman–Crippen MR) is 65.4 cm³/mol. The summed E-state index contributed by atoms with van der Waals surface area (Å²) in [6.07, 6.45) is 7.52. The highest BCUT2D eigenvalue weighted by atomic mass is 28.3. The average molecular weight is 226 g/mol. The van der Waals surface area contributed by atoms with E-state index in [1.165, 1.54) is 0 Å². The van der Waals surface area contributed by atoms with Gasteiger partial charge in [0.25, 0.3) is 0 Å². The van der Waals surface area contributed by atoms with E-state index in [2.05, 4.69) is 33.2 Å². The minimum absolute atomic E-state index is 0.286. The van der Waals surface area contributed by atoms with Crippen LogP contribution in [0.2, 0.25) is 11.6 Å². The smallest absolute Gasteiger partial charge is 0.179 e. The minimum atomic E-state index is -1.18. The first-order valence-corrected chi connectivity index (χ1v) is 7.83. The highest BCUT2D eigenvalue weighted by molar-refractivity contribution is 6.53. The van der Waals surface area contributed by atoms with Crippen molar-refractivity contribution in [1.29, 1.82) is 0 Å². The molecule has 0 aromatic heterocycles. The molecular formula is C12H22O2Si. The lowest BCUT2D eigenvalue weighted by Gasteiger charge is -2.30. The maximum atomic E-state index is 5.96. The second-order valence-corrected chi connectivity index (χ2v) is 8.76. The van der Waals surface area contributed by atoms with E-state index in [0.717, 1.165) is 19.4 Å². The van der Waals surface area contributed by atoms with Gasteiger partial charge in [-0.1, -0.05) is 26.7 Å². The summed E-state index contributed by atoms with van der Waals surface area (Å²) in [6, 6.07) is 0. The molecule has 86 valence electrons. The number of rotatable bonds is 3. The molecule has 0 radical (unpaired) electrons. The second kappa shape index (κ2) is 4.69. The molecule has 1 saturated heterocycles. The summed E-state index contributed by atoms with van der Waals surface area (Å²) in [5.41, 5.74) is -0.424. The molecule has 0 spiro atoms. The van der Waals surface area contributed by atoms with Gasteiger partial charge in [0.2, 0.25) is 0 Å².